The Hall–Kier alpha value is -2.69. The van der Waals surface area contributed by atoms with Gasteiger partial charge in [0.25, 0.3) is 5.91 Å². The van der Waals surface area contributed by atoms with Gasteiger partial charge in [0.15, 0.2) is 0 Å². The molecule has 0 aliphatic carbocycles. The van der Waals surface area contributed by atoms with Gasteiger partial charge in [-0.15, -0.1) is 0 Å². The molecular weight excluding hydrogens is 252 g/mol. The molecule has 2 aromatic heterocycles. The second kappa shape index (κ2) is 5.13. The summed E-state index contributed by atoms with van der Waals surface area (Å²) in [4.78, 5) is 16.3. The Morgan fingerprint density at radius 2 is 2.20 bits per heavy atom. The summed E-state index contributed by atoms with van der Waals surface area (Å²) in [6, 6.07) is 11.1. The predicted molar refractivity (Wildman–Crippen MR) is 76.1 cm³/mol. The second-order valence-electron chi connectivity index (χ2n) is 4.58. The van der Waals surface area contributed by atoms with Gasteiger partial charge >= 0.3 is 0 Å². The molecule has 1 aromatic carbocycles. The number of carbonyl (C=O) groups is 1. The van der Waals surface area contributed by atoms with Crippen molar-refractivity contribution in [3.05, 3.63) is 60.0 Å². The van der Waals surface area contributed by atoms with Gasteiger partial charge in [-0.1, -0.05) is 12.1 Å². The zero-order valence-electron chi connectivity index (χ0n) is 11.1. The molecule has 1 amide bonds. The highest BCUT2D eigenvalue weighted by molar-refractivity contribution is 5.97. The van der Waals surface area contributed by atoms with Crippen molar-refractivity contribution in [1.82, 2.24) is 20.1 Å². The van der Waals surface area contributed by atoms with E-state index in [-0.39, 0.29) is 5.91 Å². The lowest BCUT2D eigenvalue weighted by Crippen LogP contribution is -2.23. The monoisotopic (exact) mass is 266 g/mol. The molecule has 0 saturated heterocycles. The maximum atomic E-state index is 12.1. The molecule has 3 rings (SSSR count). The van der Waals surface area contributed by atoms with Gasteiger partial charge in [-0.05, 0) is 24.3 Å². The first kappa shape index (κ1) is 12.3. The second-order valence-corrected chi connectivity index (χ2v) is 4.58. The van der Waals surface area contributed by atoms with E-state index in [0.717, 1.165) is 16.6 Å². The summed E-state index contributed by atoms with van der Waals surface area (Å²) in [6.07, 6.45) is 3.63. The average Bonchev–Trinajstić information content (AvgIpc) is 2.85. The van der Waals surface area contributed by atoms with Crippen LogP contribution < -0.4 is 5.32 Å². The SMILES string of the molecule is Cn1cc2ccc(C(=O)NCc3ccccn3)cc2n1. The van der Waals surface area contributed by atoms with Crippen LogP contribution >= 0.6 is 0 Å². The summed E-state index contributed by atoms with van der Waals surface area (Å²) in [5, 5.41) is 8.17. The van der Waals surface area contributed by atoms with E-state index in [4.69, 9.17) is 0 Å². The molecule has 0 radical (unpaired) electrons. The van der Waals surface area contributed by atoms with E-state index < -0.39 is 0 Å². The Morgan fingerprint density at radius 3 is 3.00 bits per heavy atom. The summed E-state index contributed by atoms with van der Waals surface area (Å²) >= 11 is 0. The minimum Gasteiger partial charge on any atom is -0.346 e. The largest absolute Gasteiger partial charge is 0.346 e. The van der Waals surface area contributed by atoms with E-state index in [1.165, 1.54) is 0 Å². The number of nitrogens with one attached hydrogen (secondary N) is 1. The molecule has 1 N–H and O–H groups in total. The third-order valence-corrected chi connectivity index (χ3v) is 3.04. The lowest BCUT2D eigenvalue weighted by Gasteiger charge is -2.04. The molecule has 0 aliphatic heterocycles. The average molecular weight is 266 g/mol. The van der Waals surface area contributed by atoms with E-state index in [2.05, 4.69) is 15.4 Å². The number of nitrogens with zero attached hydrogens (tertiary/aromatic N) is 3. The van der Waals surface area contributed by atoms with Crippen molar-refractivity contribution in [2.24, 2.45) is 7.05 Å². The molecule has 5 heteroatoms. The van der Waals surface area contributed by atoms with Crippen LogP contribution in [0.5, 0.6) is 0 Å². The molecule has 0 saturated carbocycles. The molecule has 100 valence electrons. The fourth-order valence-electron chi connectivity index (χ4n) is 2.06. The van der Waals surface area contributed by atoms with Gasteiger partial charge in [0.2, 0.25) is 0 Å². The number of aromatic nitrogens is 3. The van der Waals surface area contributed by atoms with Crippen LogP contribution in [-0.4, -0.2) is 20.7 Å². The van der Waals surface area contributed by atoms with E-state index in [1.54, 1.807) is 23.0 Å². The number of pyridine rings is 1. The van der Waals surface area contributed by atoms with Crippen LogP contribution in [0, 0.1) is 0 Å². The minimum atomic E-state index is -0.122. The van der Waals surface area contributed by atoms with Crippen LogP contribution in [0.15, 0.2) is 48.8 Å². The molecule has 3 aromatic rings. The highest BCUT2D eigenvalue weighted by Gasteiger charge is 2.08. The van der Waals surface area contributed by atoms with Gasteiger partial charge in [0.1, 0.15) is 0 Å². The Labute approximate surface area is 116 Å². The number of hydrogen-bond donors (Lipinski definition) is 1. The normalized spacial score (nSPS) is 10.7. The number of amides is 1. The smallest absolute Gasteiger partial charge is 0.251 e. The number of hydrogen-bond acceptors (Lipinski definition) is 3. The molecule has 5 nitrogen and oxygen atoms in total. The zero-order valence-corrected chi connectivity index (χ0v) is 11.1. The van der Waals surface area contributed by atoms with E-state index in [1.807, 2.05) is 37.5 Å². The summed E-state index contributed by atoms with van der Waals surface area (Å²) in [6.45, 7) is 0.417. The van der Waals surface area contributed by atoms with Gasteiger partial charge < -0.3 is 5.32 Å². The summed E-state index contributed by atoms with van der Waals surface area (Å²) in [5.74, 6) is -0.122. The number of carbonyl (C=O) groups excluding carboxylic acids is 1. The number of aryl methyl sites for hydroxylation is 1. The Kier molecular flexibility index (Phi) is 3.16. The lowest BCUT2D eigenvalue weighted by atomic mass is 10.1. The van der Waals surface area contributed by atoms with E-state index in [9.17, 15) is 4.79 Å². The van der Waals surface area contributed by atoms with Crippen molar-refractivity contribution in [2.45, 2.75) is 6.54 Å². The first-order chi connectivity index (χ1) is 9.72. The minimum absolute atomic E-state index is 0.122. The maximum Gasteiger partial charge on any atom is 0.251 e. The molecule has 0 spiro atoms. The van der Waals surface area contributed by atoms with Crippen molar-refractivity contribution < 1.29 is 4.79 Å². The highest BCUT2D eigenvalue weighted by Crippen LogP contribution is 2.13. The van der Waals surface area contributed by atoms with Crippen LogP contribution in [-0.2, 0) is 13.6 Å². The Bertz CT molecular complexity index is 749. The van der Waals surface area contributed by atoms with E-state index >= 15 is 0 Å². The van der Waals surface area contributed by atoms with Crippen LogP contribution in [0.1, 0.15) is 16.1 Å². The Morgan fingerprint density at radius 1 is 1.30 bits per heavy atom. The third kappa shape index (κ3) is 2.51. The fraction of sp³-hybridized carbons (Fsp3) is 0.133. The van der Waals surface area contributed by atoms with Crippen molar-refractivity contribution >= 4 is 16.8 Å². The van der Waals surface area contributed by atoms with Gasteiger partial charge in [-0.2, -0.15) is 5.10 Å². The van der Waals surface area contributed by atoms with Gasteiger partial charge in [-0.3, -0.25) is 14.5 Å². The molecule has 0 fully saturated rings. The first-order valence-electron chi connectivity index (χ1n) is 6.34. The molecule has 20 heavy (non-hydrogen) atoms. The van der Waals surface area contributed by atoms with Gasteiger partial charge in [0.05, 0.1) is 17.8 Å². The Balaban J connectivity index is 1.75. The molecule has 0 atom stereocenters. The number of rotatable bonds is 3. The lowest BCUT2D eigenvalue weighted by molar-refractivity contribution is 0.0950. The van der Waals surface area contributed by atoms with Gasteiger partial charge in [-0.25, -0.2) is 0 Å². The highest BCUT2D eigenvalue weighted by atomic mass is 16.1. The van der Waals surface area contributed by atoms with Gasteiger partial charge in [0, 0.05) is 30.4 Å². The van der Waals surface area contributed by atoms with Crippen LogP contribution in [0.3, 0.4) is 0 Å². The summed E-state index contributed by atoms with van der Waals surface area (Å²) in [7, 11) is 1.86. The fourth-order valence-corrected chi connectivity index (χ4v) is 2.06. The first-order valence-corrected chi connectivity index (χ1v) is 6.34. The topological polar surface area (TPSA) is 59.8 Å². The maximum absolute atomic E-state index is 12.1. The summed E-state index contributed by atoms with van der Waals surface area (Å²) in [5.41, 5.74) is 2.25. The quantitative estimate of drug-likeness (QED) is 0.787. The number of fused-ring (bicyclic) bond motifs is 1. The summed E-state index contributed by atoms with van der Waals surface area (Å²) < 4.78 is 1.74. The van der Waals surface area contributed by atoms with Crippen LogP contribution in [0.25, 0.3) is 10.9 Å². The molecule has 0 aliphatic rings. The molecule has 0 unspecified atom stereocenters. The van der Waals surface area contributed by atoms with Crippen LogP contribution in [0.4, 0.5) is 0 Å². The van der Waals surface area contributed by atoms with E-state index in [0.29, 0.717) is 12.1 Å². The number of benzene rings is 1. The van der Waals surface area contributed by atoms with Crippen LogP contribution in [0.2, 0.25) is 0 Å². The van der Waals surface area contributed by atoms with Crippen molar-refractivity contribution in [3.8, 4) is 0 Å². The molecule has 0 bridgehead atoms. The molecule has 2 heterocycles. The third-order valence-electron chi connectivity index (χ3n) is 3.04. The molecular formula is C15H14N4O. The van der Waals surface area contributed by atoms with Crippen molar-refractivity contribution in [1.29, 1.82) is 0 Å². The predicted octanol–water partition coefficient (Wildman–Crippen LogP) is 1.90. The standard InChI is InChI=1S/C15H14N4O/c1-19-10-12-6-5-11(8-14(12)18-19)15(20)17-9-13-4-2-3-7-16-13/h2-8,10H,9H2,1H3,(H,17,20). The van der Waals surface area contributed by atoms with Crippen molar-refractivity contribution in [2.75, 3.05) is 0 Å². The van der Waals surface area contributed by atoms with Crippen molar-refractivity contribution in [3.63, 3.8) is 0 Å². The zero-order chi connectivity index (χ0) is 13.9.